The molecule has 0 aliphatic rings. The maximum atomic E-state index is 13.5. The van der Waals surface area contributed by atoms with Crippen LogP contribution in [0, 0.1) is 13.8 Å². The molecule has 3 aromatic rings. The molecule has 0 heterocycles. The minimum Gasteiger partial charge on any atom is -0.324 e. The van der Waals surface area contributed by atoms with Crippen LogP contribution in [0.3, 0.4) is 0 Å². The highest BCUT2D eigenvalue weighted by Gasteiger charge is 2.28. The van der Waals surface area contributed by atoms with E-state index in [1.165, 1.54) is 25.2 Å². The van der Waals surface area contributed by atoms with E-state index in [-0.39, 0.29) is 4.90 Å². The van der Waals surface area contributed by atoms with Crippen molar-refractivity contribution in [3.8, 4) is 0 Å². The Labute approximate surface area is 200 Å². The maximum Gasteiger partial charge on any atom is 0.264 e. The van der Waals surface area contributed by atoms with Gasteiger partial charge in [-0.15, -0.1) is 0 Å². The summed E-state index contributed by atoms with van der Waals surface area (Å²) in [4.78, 5) is 13.0. The summed E-state index contributed by atoms with van der Waals surface area (Å²) >= 11 is 0. The Balaban J connectivity index is 1.93. The largest absolute Gasteiger partial charge is 0.324 e. The molecule has 0 fully saturated rings. The van der Waals surface area contributed by atoms with Gasteiger partial charge in [-0.25, -0.2) is 16.8 Å². The molecule has 3 rings (SSSR count). The molecule has 0 unspecified atom stereocenters. The lowest BCUT2D eigenvalue weighted by atomic mass is 10.2. The van der Waals surface area contributed by atoms with E-state index >= 15 is 0 Å². The van der Waals surface area contributed by atoms with Crippen LogP contribution in [0.15, 0.2) is 77.7 Å². The van der Waals surface area contributed by atoms with Crippen molar-refractivity contribution in [1.82, 2.24) is 0 Å². The van der Waals surface area contributed by atoms with Gasteiger partial charge in [0.05, 0.1) is 22.5 Å². The number of anilines is 3. The van der Waals surface area contributed by atoms with Crippen molar-refractivity contribution in [3.63, 3.8) is 0 Å². The van der Waals surface area contributed by atoms with Crippen LogP contribution in [0.4, 0.5) is 17.1 Å². The van der Waals surface area contributed by atoms with Gasteiger partial charge in [-0.05, 0) is 55.8 Å². The van der Waals surface area contributed by atoms with E-state index in [4.69, 9.17) is 0 Å². The Hall–Kier alpha value is -3.37. The standard InChI is InChI=1S/C24H27N3O5S2/c1-18-12-14-22(15-13-18)34(31,32)27(23-11-6-5-8-19(23)2)17-24(28)25-20-9-7-10-21(16-20)26(3)33(4,29)30/h5-16H,17H2,1-4H3,(H,25,28). The average molecular weight is 502 g/mol. The van der Waals surface area contributed by atoms with E-state index in [1.54, 1.807) is 61.5 Å². The first kappa shape index (κ1) is 25.3. The third-order valence-electron chi connectivity index (χ3n) is 5.27. The quantitative estimate of drug-likeness (QED) is 0.509. The van der Waals surface area contributed by atoms with Crippen LogP contribution >= 0.6 is 0 Å². The van der Waals surface area contributed by atoms with E-state index < -0.39 is 32.5 Å². The molecule has 0 aliphatic heterocycles. The molecule has 8 nitrogen and oxygen atoms in total. The Bertz CT molecular complexity index is 1400. The van der Waals surface area contributed by atoms with Crippen molar-refractivity contribution < 1.29 is 21.6 Å². The van der Waals surface area contributed by atoms with Gasteiger partial charge in [-0.3, -0.25) is 13.4 Å². The summed E-state index contributed by atoms with van der Waals surface area (Å²) in [5.74, 6) is -0.571. The molecule has 0 aliphatic carbocycles. The molecule has 10 heteroatoms. The summed E-state index contributed by atoms with van der Waals surface area (Å²) in [5, 5.41) is 2.67. The van der Waals surface area contributed by atoms with E-state index in [9.17, 15) is 21.6 Å². The van der Waals surface area contributed by atoms with Crippen molar-refractivity contribution in [1.29, 1.82) is 0 Å². The second-order valence-electron chi connectivity index (χ2n) is 7.94. The zero-order chi connectivity index (χ0) is 25.1. The first-order chi connectivity index (χ1) is 15.9. The van der Waals surface area contributed by atoms with Crippen LogP contribution in [0.5, 0.6) is 0 Å². The van der Waals surface area contributed by atoms with Crippen molar-refractivity contribution >= 4 is 43.0 Å². The topological polar surface area (TPSA) is 104 Å². The number of aryl methyl sites for hydroxylation is 2. The van der Waals surface area contributed by atoms with Crippen LogP contribution in [-0.4, -0.2) is 42.6 Å². The van der Waals surface area contributed by atoms with E-state index in [2.05, 4.69) is 5.32 Å². The Morgan fingerprint density at radius 3 is 2.15 bits per heavy atom. The van der Waals surface area contributed by atoms with Gasteiger partial charge in [0.25, 0.3) is 10.0 Å². The van der Waals surface area contributed by atoms with Gasteiger partial charge in [0.2, 0.25) is 15.9 Å². The Morgan fingerprint density at radius 2 is 1.53 bits per heavy atom. The van der Waals surface area contributed by atoms with E-state index in [1.807, 2.05) is 6.92 Å². The maximum absolute atomic E-state index is 13.5. The molecule has 0 atom stereocenters. The predicted octanol–water partition coefficient (Wildman–Crippen LogP) is 3.53. The molecule has 0 spiro atoms. The third-order valence-corrected chi connectivity index (χ3v) is 8.25. The van der Waals surface area contributed by atoms with E-state index in [0.29, 0.717) is 22.6 Å². The molecular weight excluding hydrogens is 474 g/mol. The van der Waals surface area contributed by atoms with Gasteiger partial charge in [0.1, 0.15) is 6.54 Å². The molecule has 34 heavy (non-hydrogen) atoms. The average Bonchev–Trinajstić information content (AvgIpc) is 2.77. The fraction of sp³-hybridized carbons (Fsp3) is 0.208. The molecule has 0 saturated heterocycles. The first-order valence-corrected chi connectivity index (χ1v) is 13.7. The number of hydrogen-bond donors (Lipinski definition) is 1. The highest BCUT2D eigenvalue weighted by molar-refractivity contribution is 7.93. The van der Waals surface area contributed by atoms with Crippen LogP contribution in [0.1, 0.15) is 11.1 Å². The summed E-state index contributed by atoms with van der Waals surface area (Å²) in [6.45, 7) is 3.17. The summed E-state index contributed by atoms with van der Waals surface area (Å²) < 4.78 is 52.8. The number of amides is 1. The lowest BCUT2D eigenvalue weighted by molar-refractivity contribution is -0.114. The SMILES string of the molecule is Cc1ccc(S(=O)(=O)N(CC(=O)Nc2cccc(N(C)S(C)(=O)=O)c2)c2ccccc2C)cc1. The number of nitrogens with zero attached hydrogens (tertiary/aromatic N) is 2. The molecule has 0 radical (unpaired) electrons. The molecule has 1 amide bonds. The van der Waals surface area contributed by atoms with Gasteiger partial charge < -0.3 is 5.32 Å². The van der Waals surface area contributed by atoms with Gasteiger partial charge in [0.15, 0.2) is 0 Å². The number of carbonyl (C=O) groups is 1. The zero-order valence-electron chi connectivity index (χ0n) is 19.4. The summed E-state index contributed by atoms with van der Waals surface area (Å²) in [6.07, 6.45) is 1.08. The molecule has 3 aromatic carbocycles. The highest BCUT2D eigenvalue weighted by atomic mass is 32.2. The molecule has 0 saturated carbocycles. The van der Waals surface area contributed by atoms with Crippen molar-refractivity contribution in [3.05, 3.63) is 83.9 Å². The molecule has 0 aromatic heterocycles. The number of benzene rings is 3. The first-order valence-electron chi connectivity index (χ1n) is 10.4. The van der Waals surface area contributed by atoms with Crippen LogP contribution in [0.2, 0.25) is 0 Å². The number of carbonyl (C=O) groups excluding carboxylic acids is 1. The Kier molecular flexibility index (Phi) is 7.32. The number of hydrogen-bond acceptors (Lipinski definition) is 5. The minimum absolute atomic E-state index is 0.0749. The fourth-order valence-corrected chi connectivity index (χ4v) is 5.26. The highest BCUT2D eigenvalue weighted by Crippen LogP contribution is 2.27. The van der Waals surface area contributed by atoms with Gasteiger partial charge >= 0.3 is 0 Å². The molecule has 1 N–H and O–H groups in total. The second kappa shape index (κ2) is 9.86. The number of sulfonamides is 2. The molecular formula is C24H27N3O5S2. The van der Waals surface area contributed by atoms with Crippen molar-refractivity contribution in [2.75, 3.05) is 33.8 Å². The normalized spacial score (nSPS) is 11.6. The zero-order valence-corrected chi connectivity index (χ0v) is 21.0. The fourth-order valence-electron chi connectivity index (χ4n) is 3.28. The van der Waals surface area contributed by atoms with Crippen molar-refractivity contribution in [2.24, 2.45) is 0 Å². The van der Waals surface area contributed by atoms with Gasteiger partial charge in [-0.2, -0.15) is 0 Å². The Morgan fingerprint density at radius 1 is 0.882 bits per heavy atom. The lowest BCUT2D eigenvalue weighted by Crippen LogP contribution is -2.38. The molecule has 180 valence electrons. The summed E-state index contributed by atoms with van der Waals surface area (Å²) in [6, 6.07) is 19.7. The minimum atomic E-state index is -4.04. The van der Waals surface area contributed by atoms with Gasteiger partial charge in [-0.1, -0.05) is 42.0 Å². The van der Waals surface area contributed by atoms with Gasteiger partial charge in [0, 0.05) is 12.7 Å². The van der Waals surface area contributed by atoms with Crippen LogP contribution in [-0.2, 0) is 24.8 Å². The number of nitrogens with one attached hydrogen (secondary N) is 1. The third kappa shape index (κ3) is 5.75. The summed E-state index contributed by atoms with van der Waals surface area (Å²) in [7, 11) is -6.11. The van der Waals surface area contributed by atoms with E-state index in [0.717, 1.165) is 20.4 Å². The lowest BCUT2D eigenvalue weighted by Gasteiger charge is -2.25. The second-order valence-corrected chi connectivity index (χ2v) is 11.8. The number of rotatable bonds is 8. The molecule has 0 bridgehead atoms. The van der Waals surface area contributed by atoms with Crippen LogP contribution in [0.25, 0.3) is 0 Å². The van der Waals surface area contributed by atoms with Crippen LogP contribution < -0.4 is 13.9 Å². The summed E-state index contributed by atoms with van der Waals surface area (Å²) in [5.41, 5.74) is 2.71. The number of para-hydroxylation sites is 1. The predicted molar refractivity (Wildman–Crippen MR) is 135 cm³/mol. The smallest absolute Gasteiger partial charge is 0.264 e. The monoisotopic (exact) mass is 501 g/mol. The van der Waals surface area contributed by atoms with Crippen molar-refractivity contribution in [2.45, 2.75) is 18.7 Å².